The molecule has 3 aromatic rings. The lowest BCUT2D eigenvalue weighted by Gasteiger charge is -2.20. The van der Waals surface area contributed by atoms with Gasteiger partial charge in [-0.2, -0.15) is 13.2 Å². The number of pyridine rings is 1. The molecule has 1 saturated carbocycles. The summed E-state index contributed by atoms with van der Waals surface area (Å²) in [5.74, 6) is 1.04. The summed E-state index contributed by atoms with van der Waals surface area (Å²) in [5.41, 5.74) is 3.39. The molecule has 7 heteroatoms. The number of nitrogens with one attached hydrogen (secondary N) is 3. The molecule has 0 amide bonds. The van der Waals surface area contributed by atoms with Gasteiger partial charge < -0.3 is 16.0 Å². The maximum Gasteiger partial charge on any atom is 0.416 e. The van der Waals surface area contributed by atoms with Crippen molar-refractivity contribution in [2.45, 2.75) is 98.7 Å². The number of unbranched alkanes of at least 4 members (excludes halogenated alkanes) is 1. The van der Waals surface area contributed by atoms with Crippen molar-refractivity contribution >= 4 is 16.6 Å². The van der Waals surface area contributed by atoms with Gasteiger partial charge >= 0.3 is 6.18 Å². The lowest BCUT2D eigenvalue weighted by molar-refractivity contribution is -0.137. The molecule has 1 aliphatic carbocycles. The molecule has 1 heterocycles. The summed E-state index contributed by atoms with van der Waals surface area (Å²) in [6.45, 7) is 17.4. The van der Waals surface area contributed by atoms with Gasteiger partial charge in [-0.05, 0) is 44.6 Å². The van der Waals surface area contributed by atoms with Crippen LogP contribution in [0.1, 0.15) is 103 Å². The highest BCUT2D eigenvalue weighted by Gasteiger charge is 2.31. The molecule has 0 spiro atoms. The monoisotopic (exact) mass is 614 g/mol. The third-order valence-corrected chi connectivity index (χ3v) is 7.51. The molecule has 0 bridgehead atoms. The first-order valence-corrected chi connectivity index (χ1v) is 16.4. The first-order chi connectivity index (χ1) is 21.1. The minimum Gasteiger partial charge on any atom is -0.388 e. The molecule has 246 valence electrons. The summed E-state index contributed by atoms with van der Waals surface area (Å²) in [7, 11) is 3.71. The molecule has 0 aliphatic heterocycles. The molecule has 1 aliphatic rings. The van der Waals surface area contributed by atoms with Crippen molar-refractivity contribution in [1.29, 1.82) is 0 Å². The van der Waals surface area contributed by atoms with Crippen molar-refractivity contribution in [2.75, 3.05) is 27.2 Å². The van der Waals surface area contributed by atoms with Crippen molar-refractivity contribution in [3.8, 4) is 11.3 Å². The van der Waals surface area contributed by atoms with Crippen LogP contribution in [-0.2, 0) is 12.7 Å². The minimum atomic E-state index is -4.43. The minimum absolute atomic E-state index is 0.292. The number of alkyl halides is 3. The van der Waals surface area contributed by atoms with Crippen LogP contribution in [0.5, 0.6) is 0 Å². The molecule has 4 rings (SSSR count). The molecule has 0 saturated heterocycles. The Kier molecular flexibility index (Phi) is 19.3. The summed E-state index contributed by atoms with van der Waals surface area (Å²) < 4.78 is 39.7. The zero-order valence-corrected chi connectivity index (χ0v) is 28.3. The van der Waals surface area contributed by atoms with E-state index in [2.05, 4.69) is 55.2 Å². The van der Waals surface area contributed by atoms with E-state index in [-0.39, 0.29) is 0 Å². The molecule has 0 unspecified atom stereocenters. The average Bonchev–Trinajstić information content (AvgIpc) is 3.04. The molecule has 2 aromatic carbocycles. The van der Waals surface area contributed by atoms with Gasteiger partial charge in [-0.3, -0.25) is 0 Å². The van der Waals surface area contributed by atoms with Crippen LogP contribution in [-0.4, -0.2) is 32.2 Å². The standard InChI is InChI=1S/C22H22F3N3.C7H14.C4H11N.C4H10/c1-4-27-13-18-20(14(2)26-3)17-11-10-16(22(23,24)25)12-19(17)28-21(18)15-8-6-5-7-9-15;1-7-5-3-2-4-6-7;1-3-4-5-2;1-3-4-2/h5-12,26-27H,2,4,13H2,1,3H3;7H,2-6H2,1H3;5H,3-4H2,1-2H3;3-4H2,1-2H3. The van der Waals surface area contributed by atoms with Crippen LogP contribution < -0.4 is 16.0 Å². The fourth-order valence-electron chi connectivity index (χ4n) is 4.76. The smallest absolute Gasteiger partial charge is 0.388 e. The van der Waals surface area contributed by atoms with Gasteiger partial charge in [-0.15, -0.1) is 0 Å². The van der Waals surface area contributed by atoms with Crippen molar-refractivity contribution in [3.05, 3.63) is 71.8 Å². The zero-order chi connectivity index (χ0) is 33.0. The number of benzene rings is 2. The van der Waals surface area contributed by atoms with Crippen molar-refractivity contribution in [2.24, 2.45) is 5.92 Å². The largest absolute Gasteiger partial charge is 0.416 e. The average molecular weight is 615 g/mol. The number of hydrogen-bond donors (Lipinski definition) is 3. The molecule has 4 nitrogen and oxygen atoms in total. The van der Waals surface area contributed by atoms with Crippen LogP contribution in [0, 0.1) is 5.92 Å². The lowest BCUT2D eigenvalue weighted by Crippen LogP contribution is -2.17. The number of nitrogens with zero attached hydrogens (tertiary/aromatic N) is 1. The highest BCUT2D eigenvalue weighted by molar-refractivity contribution is 5.95. The number of hydrogen-bond acceptors (Lipinski definition) is 4. The van der Waals surface area contributed by atoms with E-state index in [9.17, 15) is 13.2 Å². The molecule has 0 radical (unpaired) electrons. The van der Waals surface area contributed by atoms with Gasteiger partial charge in [-0.1, -0.05) is 123 Å². The van der Waals surface area contributed by atoms with E-state index >= 15 is 0 Å². The summed E-state index contributed by atoms with van der Waals surface area (Å²) >= 11 is 0. The lowest BCUT2D eigenvalue weighted by atomic mass is 9.91. The van der Waals surface area contributed by atoms with Gasteiger partial charge in [0.05, 0.1) is 16.8 Å². The van der Waals surface area contributed by atoms with Crippen molar-refractivity contribution < 1.29 is 13.2 Å². The number of aromatic nitrogens is 1. The van der Waals surface area contributed by atoms with Crippen LogP contribution in [0.15, 0.2) is 55.1 Å². The Balaban J connectivity index is 0.000000493. The van der Waals surface area contributed by atoms with Crippen LogP contribution in [0.3, 0.4) is 0 Å². The van der Waals surface area contributed by atoms with E-state index in [4.69, 9.17) is 0 Å². The Labute approximate surface area is 265 Å². The second-order valence-corrected chi connectivity index (χ2v) is 11.3. The van der Waals surface area contributed by atoms with E-state index in [1.54, 1.807) is 7.05 Å². The van der Waals surface area contributed by atoms with Crippen LogP contribution in [0.25, 0.3) is 27.9 Å². The molecule has 1 aromatic heterocycles. The normalized spacial score (nSPS) is 13.0. The van der Waals surface area contributed by atoms with Gasteiger partial charge in [0.25, 0.3) is 0 Å². The van der Waals surface area contributed by atoms with Gasteiger partial charge in [-0.25, -0.2) is 4.98 Å². The van der Waals surface area contributed by atoms with E-state index in [1.807, 2.05) is 44.3 Å². The fraction of sp³-hybridized carbons (Fsp3) is 0.541. The summed E-state index contributed by atoms with van der Waals surface area (Å²) in [6, 6.07) is 13.2. The van der Waals surface area contributed by atoms with Gasteiger partial charge in [0.15, 0.2) is 0 Å². The fourth-order valence-corrected chi connectivity index (χ4v) is 4.76. The van der Waals surface area contributed by atoms with Gasteiger partial charge in [0, 0.05) is 41.4 Å². The Morgan fingerprint density at radius 3 is 1.98 bits per heavy atom. The topological polar surface area (TPSA) is 49.0 Å². The maximum absolute atomic E-state index is 13.2. The van der Waals surface area contributed by atoms with Crippen molar-refractivity contribution in [1.82, 2.24) is 20.9 Å². The number of halogens is 3. The Morgan fingerprint density at radius 1 is 0.909 bits per heavy atom. The molecule has 3 N–H and O–H groups in total. The van der Waals surface area contributed by atoms with Crippen molar-refractivity contribution in [3.63, 3.8) is 0 Å². The molecule has 1 fully saturated rings. The summed E-state index contributed by atoms with van der Waals surface area (Å²) in [4.78, 5) is 4.64. The third kappa shape index (κ3) is 13.4. The SMILES string of the molecule is C=C(NC)c1c(CNCC)c(-c2ccccc2)nc2cc(C(F)(F)F)ccc12.CC1CCCCC1.CCCC.CCCNC. The van der Waals surface area contributed by atoms with E-state index < -0.39 is 11.7 Å². The highest BCUT2D eigenvalue weighted by Crippen LogP contribution is 2.36. The van der Waals surface area contributed by atoms with Crippen LogP contribution >= 0.6 is 0 Å². The Morgan fingerprint density at radius 2 is 1.55 bits per heavy atom. The first kappa shape index (κ1) is 39.1. The van der Waals surface area contributed by atoms with Gasteiger partial charge in [0.1, 0.15) is 0 Å². The van der Waals surface area contributed by atoms with Crippen LogP contribution in [0.4, 0.5) is 13.2 Å². The first-order valence-electron chi connectivity index (χ1n) is 16.4. The van der Waals surface area contributed by atoms with Gasteiger partial charge in [0.2, 0.25) is 0 Å². The second kappa shape index (κ2) is 21.7. The molecule has 0 atom stereocenters. The maximum atomic E-state index is 13.2. The number of fused-ring (bicyclic) bond motifs is 1. The second-order valence-electron chi connectivity index (χ2n) is 11.3. The molecule has 44 heavy (non-hydrogen) atoms. The predicted molar refractivity (Wildman–Crippen MR) is 185 cm³/mol. The summed E-state index contributed by atoms with van der Waals surface area (Å²) in [5, 5.41) is 10.0. The predicted octanol–water partition coefficient (Wildman–Crippen LogP) is 10.2. The Hall–Kier alpha value is -2.90. The number of rotatable bonds is 9. The van der Waals surface area contributed by atoms with Crippen LogP contribution in [0.2, 0.25) is 0 Å². The van der Waals surface area contributed by atoms with E-state index in [0.29, 0.717) is 28.8 Å². The highest BCUT2D eigenvalue weighted by atomic mass is 19.4. The van der Waals surface area contributed by atoms with E-state index in [0.717, 1.165) is 47.8 Å². The van der Waals surface area contributed by atoms with E-state index in [1.165, 1.54) is 57.4 Å². The molecular weight excluding hydrogens is 557 g/mol. The third-order valence-electron chi connectivity index (χ3n) is 7.51. The zero-order valence-electron chi connectivity index (χ0n) is 28.3. The summed E-state index contributed by atoms with van der Waals surface area (Å²) in [6.07, 6.45) is 6.88. The Bertz CT molecular complexity index is 1200. The molecular formula is C37H57F3N4. The quantitative estimate of drug-likeness (QED) is 0.224.